The standard InChI is InChI=1S/C13H15FO/c1-9(8-15)10-2-3-12-7-13(14)5-4-11(12)6-10/h4-5,7-10H,2-3,6H2,1H3. The van der Waals surface area contributed by atoms with Crippen LogP contribution >= 0.6 is 0 Å². The van der Waals surface area contributed by atoms with Crippen LogP contribution in [0, 0.1) is 17.7 Å². The summed E-state index contributed by atoms with van der Waals surface area (Å²) in [5, 5.41) is 0. The molecule has 1 aromatic carbocycles. The Morgan fingerprint density at radius 2 is 2.27 bits per heavy atom. The summed E-state index contributed by atoms with van der Waals surface area (Å²) in [5.41, 5.74) is 2.32. The molecule has 2 heteroatoms. The molecule has 0 fully saturated rings. The molecule has 0 radical (unpaired) electrons. The minimum atomic E-state index is -0.157. The van der Waals surface area contributed by atoms with E-state index in [0.717, 1.165) is 31.1 Å². The Labute approximate surface area is 89.3 Å². The maximum atomic E-state index is 13.0. The number of carbonyl (C=O) groups excluding carboxylic acids is 1. The first kappa shape index (κ1) is 10.3. The van der Waals surface area contributed by atoms with E-state index in [2.05, 4.69) is 0 Å². The lowest BCUT2D eigenvalue weighted by Crippen LogP contribution is -2.21. The Morgan fingerprint density at radius 1 is 1.47 bits per heavy atom. The van der Waals surface area contributed by atoms with Crippen molar-refractivity contribution in [1.29, 1.82) is 0 Å². The van der Waals surface area contributed by atoms with Crippen molar-refractivity contribution in [2.24, 2.45) is 11.8 Å². The molecule has 1 aliphatic carbocycles. The van der Waals surface area contributed by atoms with Crippen LogP contribution in [0.5, 0.6) is 0 Å². The van der Waals surface area contributed by atoms with Crippen LogP contribution in [-0.4, -0.2) is 6.29 Å². The first-order valence-corrected chi connectivity index (χ1v) is 5.43. The number of carbonyl (C=O) groups is 1. The van der Waals surface area contributed by atoms with Crippen molar-refractivity contribution in [1.82, 2.24) is 0 Å². The number of fused-ring (bicyclic) bond motifs is 1. The van der Waals surface area contributed by atoms with Crippen molar-refractivity contribution < 1.29 is 9.18 Å². The lowest BCUT2D eigenvalue weighted by Gasteiger charge is -2.26. The lowest BCUT2D eigenvalue weighted by atomic mass is 9.78. The van der Waals surface area contributed by atoms with Crippen LogP contribution in [0.15, 0.2) is 18.2 Å². The van der Waals surface area contributed by atoms with Gasteiger partial charge in [0.2, 0.25) is 0 Å². The summed E-state index contributed by atoms with van der Waals surface area (Å²) >= 11 is 0. The summed E-state index contributed by atoms with van der Waals surface area (Å²) < 4.78 is 13.0. The maximum absolute atomic E-state index is 13.0. The first-order chi connectivity index (χ1) is 7.20. The van der Waals surface area contributed by atoms with Gasteiger partial charge in [0.15, 0.2) is 0 Å². The van der Waals surface area contributed by atoms with Crippen molar-refractivity contribution in [3.63, 3.8) is 0 Å². The van der Waals surface area contributed by atoms with Gasteiger partial charge in [-0.25, -0.2) is 4.39 Å². The first-order valence-electron chi connectivity index (χ1n) is 5.43. The molecule has 0 bridgehead atoms. The highest BCUT2D eigenvalue weighted by Gasteiger charge is 2.23. The highest BCUT2D eigenvalue weighted by atomic mass is 19.1. The highest BCUT2D eigenvalue weighted by Crippen LogP contribution is 2.29. The van der Waals surface area contributed by atoms with Gasteiger partial charge in [-0.2, -0.15) is 0 Å². The van der Waals surface area contributed by atoms with Gasteiger partial charge in [-0.05, 0) is 48.4 Å². The van der Waals surface area contributed by atoms with E-state index in [1.54, 1.807) is 6.07 Å². The number of aldehydes is 1. The fraction of sp³-hybridized carbons (Fsp3) is 0.462. The number of rotatable bonds is 2. The smallest absolute Gasteiger partial charge is 0.123 e. The molecule has 1 aliphatic rings. The second kappa shape index (κ2) is 4.13. The molecule has 2 atom stereocenters. The third-order valence-corrected chi connectivity index (χ3v) is 3.39. The van der Waals surface area contributed by atoms with Crippen molar-refractivity contribution in [3.8, 4) is 0 Å². The molecule has 0 saturated heterocycles. The van der Waals surface area contributed by atoms with Gasteiger partial charge in [0, 0.05) is 5.92 Å². The topological polar surface area (TPSA) is 17.1 Å². The summed E-state index contributed by atoms with van der Waals surface area (Å²) in [6.07, 6.45) is 3.83. The van der Waals surface area contributed by atoms with E-state index in [-0.39, 0.29) is 11.7 Å². The zero-order chi connectivity index (χ0) is 10.8. The highest BCUT2D eigenvalue weighted by molar-refractivity contribution is 5.53. The second-order valence-corrected chi connectivity index (χ2v) is 4.41. The van der Waals surface area contributed by atoms with Crippen LogP contribution in [0.4, 0.5) is 4.39 Å². The third-order valence-electron chi connectivity index (χ3n) is 3.39. The molecular weight excluding hydrogens is 191 g/mol. The molecule has 0 aromatic heterocycles. The Hall–Kier alpha value is -1.18. The number of hydrogen-bond donors (Lipinski definition) is 0. The second-order valence-electron chi connectivity index (χ2n) is 4.41. The van der Waals surface area contributed by atoms with Crippen LogP contribution in [0.3, 0.4) is 0 Å². The molecule has 15 heavy (non-hydrogen) atoms. The fourth-order valence-corrected chi connectivity index (χ4v) is 2.31. The van der Waals surface area contributed by atoms with Gasteiger partial charge in [0.25, 0.3) is 0 Å². The summed E-state index contributed by atoms with van der Waals surface area (Å²) in [4.78, 5) is 10.7. The Bertz CT molecular complexity index is 373. The zero-order valence-electron chi connectivity index (χ0n) is 8.87. The lowest BCUT2D eigenvalue weighted by molar-refractivity contribution is -0.112. The van der Waals surface area contributed by atoms with Gasteiger partial charge >= 0.3 is 0 Å². The number of aryl methyl sites for hydroxylation is 1. The summed E-state index contributed by atoms with van der Waals surface area (Å²) in [7, 11) is 0. The molecule has 80 valence electrons. The molecule has 1 aromatic rings. The van der Waals surface area contributed by atoms with Gasteiger partial charge in [-0.3, -0.25) is 0 Å². The van der Waals surface area contributed by atoms with Gasteiger partial charge in [-0.1, -0.05) is 13.0 Å². The minimum Gasteiger partial charge on any atom is -0.303 e. The maximum Gasteiger partial charge on any atom is 0.123 e. The van der Waals surface area contributed by atoms with E-state index >= 15 is 0 Å². The quantitative estimate of drug-likeness (QED) is 0.680. The predicted octanol–water partition coefficient (Wildman–Crippen LogP) is 2.77. The van der Waals surface area contributed by atoms with Crippen LogP contribution in [0.2, 0.25) is 0 Å². The van der Waals surface area contributed by atoms with Crippen LogP contribution < -0.4 is 0 Å². The zero-order valence-corrected chi connectivity index (χ0v) is 8.87. The number of hydrogen-bond acceptors (Lipinski definition) is 1. The van der Waals surface area contributed by atoms with E-state index < -0.39 is 0 Å². The van der Waals surface area contributed by atoms with E-state index in [9.17, 15) is 9.18 Å². The average molecular weight is 206 g/mol. The molecule has 2 unspecified atom stereocenters. The molecule has 0 aliphatic heterocycles. The van der Waals surface area contributed by atoms with Gasteiger partial charge in [0.1, 0.15) is 12.1 Å². The molecule has 0 amide bonds. The summed E-state index contributed by atoms with van der Waals surface area (Å²) in [5.74, 6) is 0.388. The molecule has 1 nitrogen and oxygen atoms in total. The van der Waals surface area contributed by atoms with E-state index in [4.69, 9.17) is 0 Å². The van der Waals surface area contributed by atoms with Crippen molar-refractivity contribution >= 4 is 6.29 Å². The van der Waals surface area contributed by atoms with Crippen LogP contribution in [0.25, 0.3) is 0 Å². The van der Waals surface area contributed by atoms with Gasteiger partial charge in [-0.15, -0.1) is 0 Å². The number of benzene rings is 1. The number of halogens is 1. The van der Waals surface area contributed by atoms with Crippen molar-refractivity contribution in [2.45, 2.75) is 26.2 Å². The normalized spacial score (nSPS) is 21.9. The van der Waals surface area contributed by atoms with E-state index in [0.29, 0.717) is 5.92 Å². The minimum absolute atomic E-state index is 0.114. The van der Waals surface area contributed by atoms with Gasteiger partial charge < -0.3 is 4.79 Å². The average Bonchev–Trinajstić information content (AvgIpc) is 2.27. The molecule has 0 saturated carbocycles. The molecule has 2 rings (SSSR count). The largest absolute Gasteiger partial charge is 0.303 e. The van der Waals surface area contributed by atoms with E-state index in [1.165, 1.54) is 11.6 Å². The molecular formula is C13H15FO. The van der Waals surface area contributed by atoms with Crippen LogP contribution in [-0.2, 0) is 17.6 Å². The summed E-state index contributed by atoms with van der Waals surface area (Å²) in [6, 6.07) is 4.98. The SMILES string of the molecule is CC(C=O)C1CCc2cc(F)ccc2C1. The Kier molecular flexibility index (Phi) is 2.85. The Morgan fingerprint density at radius 3 is 3.00 bits per heavy atom. The predicted molar refractivity (Wildman–Crippen MR) is 57.1 cm³/mol. The fourth-order valence-electron chi connectivity index (χ4n) is 2.31. The third kappa shape index (κ3) is 2.09. The van der Waals surface area contributed by atoms with E-state index in [1.807, 2.05) is 13.0 Å². The molecule has 0 N–H and O–H groups in total. The summed E-state index contributed by atoms with van der Waals surface area (Å²) in [6.45, 7) is 1.96. The van der Waals surface area contributed by atoms with Crippen molar-refractivity contribution in [3.05, 3.63) is 35.1 Å². The van der Waals surface area contributed by atoms with Crippen LogP contribution in [0.1, 0.15) is 24.5 Å². The monoisotopic (exact) mass is 206 g/mol. The van der Waals surface area contributed by atoms with Gasteiger partial charge in [0.05, 0.1) is 0 Å². The Balaban J connectivity index is 2.20. The molecule has 0 spiro atoms. The molecule has 0 heterocycles. The van der Waals surface area contributed by atoms with Crippen molar-refractivity contribution in [2.75, 3.05) is 0 Å².